The second-order valence-electron chi connectivity index (χ2n) is 6.80. The molecule has 4 aromatic rings. The first-order valence-electron chi connectivity index (χ1n) is 9.24. The van der Waals surface area contributed by atoms with Crippen molar-refractivity contribution in [2.75, 3.05) is 18.5 Å². The third kappa shape index (κ3) is 2.94. The molecular weight excluding hydrogens is 393 g/mol. The number of furan rings is 2. The molecule has 0 fully saturated rings. The van der Waals surface area contributed by atoms with Crippen LogP contribution in [0, 0.1) is 5.82 Å². The largest absolute Gasteiger partial charge is 0.465 e. The average Bonchev–Trinajstić information content (AvgIpc) is 3.43. The van der Waals surface area contributed by atoms with Crippen molar-refractivity contribution < 1.29 is 18.0 Å². The van der Waals surface area contributed by atoms with E-state index < -0.39 is 11.4 Å². The summed E-state index contributed by atoms with van der Waals surface area (Å²) in [6, 6.07) is 18.0. The summed E-state index contributed by atoms with van der Waals surface area (Å²) >= 11 is 6.01. The zero-order valence-electron chi connectivity index (χ0n) is 15.3. The number of nitrogens with one attached hydrogen (secondary N) is 1. The van der Waals surface area contributed by atoms with Gasteiger partial charge < -0.3 is 18.9 Å². The highest BCUT2D eigenvalue weighted by atomic mass is 35.5. The monoisotopic (exact) mass is 409 g/mol. The normalized spacial score (nSPS) is 15.4. The predicted octanol–water partition coefficient (Wildman–Crippen LogP) is 6.07. The molecule has 2 aromatic carbocycles. The Morgan fingerprint density at radius 2 is 1.59 bits per heavy atom. The van der Waals surface area contributed by atoms with Crippen molar-refractivity contribution in [3.63, 3.8) is 0 Å². The van der Waals surface area contributed by atoms with Crippen LogP contribution >= 0.6 is 11.6 Å². The van der Waals surface area contributed by atoms with Crippen LogP contribution in [-0.4, -0.2) is 13.2 Å². The molecule has 0 aliphatic carbocycles. The van der Waals surface area contributed by atoms with Gasteiger partial charge in [-0.2, -0.15) is 0 Å². The standard InChI is InChI=1S/C23H17ClFNO3/c24-18-14-16(5-7-19(18)25)15-6-8-20-17(13-15)23(29-12-9-26-20,21-3-1-10-27-21)22-4-2-11-28-22/h1-8,10-11,13-14,26H,9,12H2. The fourth-order valence-corrected chi connectivity index (χ4v) is 3.98. The zero-order valence-corrected chi connectivity index (χ0v) is 16.1. The van der Waals surface area contributed by atoms with Crippen molar-refractivity contribution in [1.82, 2.24) is 0 Å². The van der Waals surface area contributed by atoms with E-state index in [-0.39, 0.29) is 5.02 Å². The van der Waals surface area contributed by atoms with Crippen LogP contribution < -0.4 is 5.32 Å². The lowest BCUT2D eigenvalue weighted by molar-refractivity contribution is -0.00786. The first kappa shape index (κ1) is 18.0. The Morgan fingerprint density at radius 1 is 0.897 bits per heavy atom. The first-order chi connectivity index (χ1) is 14.2. The number of fused-ring (bicyclic) bond motifs is 1. The third-order valence-corrected chi connectivity index (χ3v) is 5.41. The zero-order chi connectivity index (χ0) is 19.8. The molecule has 146 valence electrons. The van der Waals surface area contributed by atoms with Gasteiger partial charge in [0, 0.05) is 17.8 Å². The Morgan fingerprint density at radius 3 is 2.24 bits per heavy atom. The lowest BCUT2D eigenvalue weighted by Crippen LogP contribution is -2.32. The minimum atomic E-state index is -1.05. The number of halogens is 2. The molecule has 0 unspecified atom stereocenters. The van der Waals surface area contributed by atoms with Gasteiger partial charge in [-0.25, -0.2) is 4.39 Å². The molecule has 0 radical (unpaired) electrons. The van der Waals surface area contributed by atoms with Gasteiger partial charge in [0.25, 0.3) is 0 Å². The average molecular weight is 410 g/mol. The van der Waals surface area contributed by atoms with Crippen molar-refractivity contribution in [1.29, 1.82) is 0 Å². The molecule has 0 saturated carbocycles. The van der Waals surface area contributed by atoms with Crippen LogP contribution in [0.1, 0.15) is 17.1 Å². The highest BCUT2D eigenvalue weighted by Crippen LogP contribution is 2.46. The number of benzene rings is 2. The fraction of sp³-hybridized carbons (Fsp3) is 0.130. The Hall–Kier alpha value is -3.02. The summed E-state index contributed by atoms with van der Waals surface area (Å²) in [5.41, 5.74) is 2.38. The van der Waals surface area contributed by atoms with E-state index in [1.807, 2.05) is 42.5 Å². The van der Waals surface area contributed by atoms with Gasteiger partial charge in [-0.1, -0.05) is 23.7 Å². The number of hydrogen-bond donors (Lipinski definition) is 1. The molecule has 1 aliphatic heterocycles. The SMILES string of the molecule is Fc1ccc(-c2ccc3c(c2)C(c2ccco2)(c2ccco2)OCCN3)cc1Cl. The molecule has 0 atom stereocenters. The van der Waals surface area contributed by atoms with E-state index in [1.165, 1.54) is 6.07 Å². The van der Waals surface area contributed by atoms with Crippen LogP contribution in [0.2, 0.25) is 5.02 Å². The van der Waals surface area contributed by atoms with Gasteiger partial charge in [0.2, 0.25) is 5.60 Å². The van der Waals surface area contributed by atoms with Crippen LogP contribution in [0.15, 0.2) is 82.0 Å². The van der Waals surface area contributed by atoms with Gasteiger partial charge in [0.1, 0.15) is 17.3 Å². The first-order valence-corrected chi connectivity index (χ1v) is 9.62. The lowest BCUT2D eigenvalue weighted by Gasteiger charge is -2.30. The number of ether oxygens (including phenoxy) is 1. The third-order valence-electron chi connectivity index (χ3n) is 5.12. The quantitative estimate of drug-likeness (QED) is 0.446. The number of hydrogen-bond acceptors (Lipinski definition) is 4. The molecule has 0 amide bonds. The predicted molar refractivity (Wildman–Crippen MR) is 109 cm³/mol. The highest BCUT2D eigenvalue weighted by Gasteiger charge is 2.46. The van der Waals surface area contributed by atoms with E-state index in [9.17, 15) is 4.39 Å². The maximum absolute atomic E-state index is 13.6. The summed E-state index contributed by atoms with van der Waals surface area (Å²) in [6.07, 6.45) is 3.23. The lowest BCUT2D eigenvalue weighted by atomic mass is 9.85. The maximum Gasteiger partial charge on any atom is 0.210 e. The molecule has 0 saturated heterocycles. The van der Waals surface area contributed by atoms with Crippen LogP contribution in [0.4, 0.5) is 10.1 Å². The molecule has 0 spiro atoms. The summed E-state index contributed by atoms with van der Waals surface area (Å²) in [6.45, 7) is 1.09. The van der Waals surface area contributed by atoms with Crippen LogP contribution in [-0.2, 0) is 10.3 Å². The number of anilines is 1. The summed E-state index contributed by atoms with van der Waals surface area (Å²) in [7, 11) is 0. The molecule has 4 nitrogen and oxygen atoms in total. The van der Waals surface area contributed by atoms with E-state index in [1.54, 1.807) is 24.7 Å². The molecule has 3 heterocycles. The molecule has 2 aromatic heterocycles. The van der Waals surface area contributed by atoms with Crippen LogP contribution in [0.25, 0.3) is 11.1 Å². The van der Waals surface area contributed by atoms with Crippen molar-refractivity contribution in [2.24, 2.45) is 0 Å². The van der Waals surface area contributed by atoms with Gasteiger partial charge in [-0.3, -0.25) is 0 Å². The molecule has 5 rings (SSSR count). The summed E-state index contributed by atoms with van der Waals surface area (Å²) in [5, 5.41) is 3.49. The molecule has 29 heavy (non-hydrogen) atoms. The smallest absolute Gasteiger partial charge is 0.210 e. The van der Waals surface area contributed by atoms with E-state index in [2.05, 4.69) is 5.32 Å². The Labute approximate surface area is 171 Å². The van der Waals surface area contributed by atoms with E-state index in [0.29, 0.717) is 24.7 Å². The Bertz CT molecular complexity index is 1100. The van der Waals surface area contributed by atoms with Crippen LogP contribution in [0.5, 0.6) is 0 Å². The van der Waals surface area contributed by atoms with E-state index in [4.69, 9.17) is 25.2 Å². The van der Waals surface area contributed by atoms with E-state index >= 15 is 0 Å². The van der Waals surface area contributed by atoms with Crippen molar-refractivity contribution >= 4 is 17.3 Å². The molecular formula is C23H17ClFNO3. The van der Waals surface area contributed by atoms with E-state index in [0.717, 1.165) is 22.4 Å². The number of rotatable bonds is 3. The van der Waals surface area contributed by atoms with Gasteiger partial charge >= 0.3 is 0 Å². The van der Waals surface area contributed by atoms with Crippen molar-refractivity contribution in [3.05, 3.63) is 101 Å². The summed E-state index contributed by atoms with van der Waals surface area (Å²) < 4.78 is 31.7. The molecule has 1 N–H and O–H groups in total. The summed E-state index contributed by atoms with van der Waals surface area (Å²) in [5.74, 6) is 0.786. The van der Waals surface area contributed by atoms with Gasteiger partial charge in [0.05, 0.1) is 24.2 Å². The van der Waals surface area contributed by atoms with Crippen LogP contribution in [0.3, 0.4) is 0 Å². The fourth-order valence-electron chi connectivity index (χ4n) is 3.80. The molecule has 1 aliphatic rings. The second kappa shape index (κ2) is 7.10. The highest BCUT2D eigenvalue weighted by molar-refractivity contribution is 6.31. The summed E-state index contributed by atoms with van der Waals surface area (Å²) in [4.78, 5) is 0. The second-order valence-corrected chi connectivity index (χ2v) is 7.21. The van der Waals surface area contributed by atoms with Gasteiger partial charge in [-0.05, 0) is 59.7 Å². The Balaban J connectivity index is 1.76. The molecule has 6 heteroatoms. The maximum atomic E-state index is 13.6. The van der Waals surface area contributed by atoms with Crippen molar-refractivity contribution in [2.45, 2.75) is 5.60 Å². The minimum Gasteiger partial charge on any atom is -0.465 e. The van der Waals surface area contributed by atoms with Gasteiger partial charge in [-0.15, -0.1) is 0 Å². The van der Waals surface area contributed by atoms with Gasteiger partial charge in [0.15, 0.2) is 0 Å². The Kier molecular flexibility index (Phi) is 4.42. The van der Waals surface area contributed by atoms with Crippen molar-refractivity contribution in [3.8, 4) is 11.1 Å². The minimum absolute atomic E-state index is 0.0788. The topological polar surface area (TPSA) is 47.5 Å². The molecule has 0 bridgehead atoms.